The van der Waals surface area contributed by atoms with Crippen molar-refractivity contribution < 1.29 is 8.78 Å². The van der Waals surface area contributed by atoms with Crippen LogP contribution in [0.1, 0.15) is 19.3 Å². The van der Waals surface area contributed by atoms with Gasteiger partial charge in [-0.3, -0.25) is 0 Å². The van der Waals surface area contributed by atoms with Gasteiger partial charge in [0.25, 0.3) is 0 Å². The molecule has 1 N–H and O–H groups in total. The smallest absolute Gasteiger partial charge is 0.168 e. The van der Waals surface area contributed by atoms with Crippen LogP contribution in [0.4, 0.5) is 20.4 Å². The second kappa shape index (κ2) is 4.85. The number of pyridine rings is 1. The van der Waals surface area contributed by atoms with Gasteiger partial charge in [0.15, 0.2) is 23.3 Å². The van der Waals surface area contributed by atoms with E-state index in [2.05, 4.69) is 10.3 Å². The lowest BCUT2D eigenvalue weighted by molar-refractivity contribution is 0.320. The summed E-state index contributed by atoms with van der Waals surface area (Å²) in [6, 6.07) is 0.880. The van der Waals surface area contributed by atoms with Crippen molar-refractivity contribution in [3.05, 3.63) is 17.7 Å². The summed E-state index contributed by atoms with van der Waals surface area (Å²) >= 11 is 0. The molecule has 1 fully saturated rings. The maximum atomic E-state index is 13.6. The standard InChI is InChI=1S/C12H17F2N3/c1-15-11-9(13)6-10(14)12(16-11)17(2)7-8-4-3-5-8/h6,8H,3-5,7H2,1-2H3,(H,15,16). The molecule has 17 heavy (non-hydrogen) atoms. The number of nitrogens with one attached hydrogen (secondary N) is 1. The third-order valence-corrected chi connectivity index (χ3v) is 3.27. The van der Waals surface area contributed by atoms with Crippen LogP contribution in [0, 0.1) is 17.6 Å². The molecule has 1 saturated carbocycles. The third-order valence-electron chi connectivity index (χ3n) is 3.27. The lowest BCUT2D eigenvalue weighted by atomic mass is 9.85. The first-order valence-corrected chi connectivity index (χ1v) is 5.86. The summed E-state index contributed by atoms with van der Waals surface area (Å²) < 4.78 is 26.9. The first-order valence-electron chi connectivity index (χ1n) is 5.86. The Labute approximate surface area is 99.8 Å². The summed E-state index contributed by atoms with van der Waals surface area (Å²) in [6.45, 7) is 0.776. The highest BCUT2D eigenvalue weighted by molar-refractivity contribution is 5.48. The van der Waals surface area contributed by atoms with Crippen molar-refractivity contribution in [2.24, 2.45) is 5.92 Å². The van der Waals surface area contributed by atoms with Crippen molar-refractivity contribution in [1.82, 2.24) is 4.98 Å². The Morgan fingerprint density at radius 3 is 2.65 bits per heavy atom. The van der Waals surface area contributed by atoms with Gasteiger partial charge in [0, 0.05) is 26.7 Å². The van der Waals surface area contributed by atoms with E-state index in [0.29, 0.717) is 5.92 Å². The minimum absolute atomic E-state index is 0.0851. The molecular formula is C12H17F2N3. The highest BCUT2D eigenvalue weighted by atomic mass is 19.1. The minimum Gasteiger partial charge on any atom is -0.371 e. The molecule has 94 valence electrons. The maximum Gasteiger partial charge on any atom is 0.168 e. The van der Waals surface area contributed by atoms with Crippen LogP contribution in [0.25, 0.3) is 0 Å². The van der Waals surface area contributed by atoms with Crippen molar-refractivity contribution in [2.45, 2.75) is 19.3 Å². The average Bonchev–Trinajstić information content (AvgIpc) is 2.23. The molecule has 0 spiro atoms. The van der Waals surface area contributed by atoms with Gasteiger partial charge in [-0.05, 0) is 18.8 Å². The monoisotopic (exact) mass is 241 g/mol. The van der Waals surface area contributed by atoms with Crippen LogP contribution in [0.15, 0.2) is 6.07 Å². The number of aromatic nitrogens is 1. The lowest BCUT2D eigenvalue weighted by Crippen LogP contribution is -2.30. The van der Waals surface area contributed by atoms with Crippen LogP contribution < -0.4 is 10.2 Å². The zero-order valence-electron chi connectivity index (χ0n) is 10.1. The van der Waals surface area contributed by atoms with Gasteiger partial charge in [0.2, 0.25) is 0 Å². The fourth-order valence-electron chi connectivity index (χ4n) is 2.05. The van der Waals surface area contributed by atoms with Crippen LogP contribution in [-0.2, 0) is 0 Å². The summed E-state index contributed by atoms with van der Waals surface area (Å²) in [6.07, 6.45) is 3.62. The second-order valence-corrected chi connectivity index (χ2v) is 4.55. The van der Waals surface area contributed by atoms with Gasteiger partial charge in [-0.1, -0.05) is 6.42 Å². The Balaban J connectivity index is 2.17. The predicted molar refractivity (Wildman–Crippen MR) is 64.3 cm³/mol. The summed E-state index contributed by atoms with van der Waals surface area (Å²) in [7, 11) is 3.36. The SMILES string of the molecule is CNc1nc(N(C)CC2CCC2)c(F)cc1F. The van der Waals surface area contributed by atoms with Crippen molar-refractivity contribution in [3.8, 4) is 0 Å². The zero-order valence-corrected chi connectivity index (χ0v) is 10.1. The third kappa shape index (κ3) is 2.48. The van der Waals surface area contributed by atoms with E-state index in [0.717, 1.165) is 12.6 Å². The fraction of sp³-hybridized carbons (Fsp3) is 0.583. The molecule has 0 radical (unpaired) electrons. The summed E-state index contributed by atoms with van der Waals surface area (Å²) in [4.78, 5) is 5.73. The molecule has 5 heteroatoms. The first kappa shape index (κ1) is 12.1. The fourth-order valence-corrected chi connectivity index (χ4v) is 2.05. The Bertz CT molecular complexity index is 405. The highest BCUT2D eigenvalue weighted by Crippen LogP contribution is 2.29. The molecule has 0 atom stereocenters. The van der Waals surface area contributed by atoms with Crippen LogP contribution in [0.5, 0.6) is 0 Å². The molecule has 0 amide bonds. The molecular weight excluding hydrogens is 224 g/mol. The van der Waals surface area contributed by atoms with Gasteiger partial charge in [-0.15, -0.1) is 0 Å². The van der Waals surface area contributed by atoms with Crippen LogP contribution >= 0.6 is 0 Å². The second-order valence-electron chi connectivity index (χ2n) is 4.55. The molecule has 0 aliphatic heterocycles. The van der Waals surface area contributed by atoms with Gasteiger partial charge < -0.3 is 10.2 Å². The van der Waals surface area contributed by atoms with Crippen molar-refractivity contribution in [1.29, 1.82) is 0 Å². The Morgan fingerprint density at radius 2 is 2.12 bits per heavy atom. The molecule has 0 aromatic carbocycles. The van der Waals surface area contributed by atoms with Gasteiger partial charge in [0.05, 0.1) is 0 Å². The van der Waals surface area contributed by atoms with Crippen LogP contribution in [0.2, 0.25) is 0 Å². The van der Waals surface area contributed by atoms with E-state index >= 15 is 0 Å². The topological polar surface area (TPSA) is 28.2 Å². The van der Waals surface area contributed by atoms with E-state index < -0.39 is 11.6 Å². The van der Waals surface area contributed by atoms with Crippen LogP contribution in [0.3, 0.4) is 0 Å². The summed E-state index contributed by atoms with van der Waals surface area (Å²) in [5.41, 5.74) is 0. The highest BCUT2D eigenvalue weighted by Gasteiger charge is 2.22. The largest absolute Gasteiger partial charge is 0.371 e. The van der Waals surface area contributed by atoms with E-state index in [1.165, 1.54) is 19.3 Å². The molecule has 3 nitrogen and oxygen atoms in total. The van der Waals surface area contributed by atoms with Crippen molar-refractivity contribution >= 4 is 11.6 Å². The molecule has 0 unspecified atom stereocenters. The van der Waals surface area contributed by atoms with E-state index in [9.17, 15) is 8.78 Å². The van der Waals surface area contributed by atoms with E-state index in [1.54, 1.807) is 19.0 Å². The minimum atomic E-state index is -0.661. The Kier molecular flexibility index (Phi) is 3.45. The lowest BCUT2D eigenvalue weighted by Gasteiger charge is -2.30. The normalized spacial score (nSPS) is 15.5. The molecule has 1 aliphatic rings. The molecule has 1 heterocycles. The number of anilines is 2. The summed E-state index contributed by atoms with van der Waals surface area (Å²) in [5, 5.41) is 2.62. The number of halogens is 2. The molecule has 0 saturated heterocycles. The molecule has 0 bridgehead atoms. The average molecular weight is 241 g/mol. The number of rotatable bonds is 4. The molecule has 1 aromatic rings. The molecule has 1 aromatic heterocycles. The van der Waals surface area contributed by atoms with Crippen LogP contribution in [-0.4, -0.2) is 25.6 Å². The quantitative estimate of drug-likeness (QED) is 0.878. The van der Waals surface area contributed by atoms with Crippen molar-refractivity contribution in [3.63, 3.8) is 0 Å². The number of hydrogen-bond acceptors (Lipinski definition) is 3. The van der Waals surface area contributed by atoms with Gasteiger partial charge in [-0.2, -0.15) is 0 Å². The van der Waals surface area contributed by atoms with E-state index in [-0.39, 0.29) is 11.6 Å². The number of hydrogen-bond donors (Lipinski definition) is 1. The Hall–Kier alpha value is -1.39. The Morgan fingerprint density at radius 1 is 1.41 bits per heavy atom. The van der Waals surface area contributed by atoms with Gasteiger partial charge in [0.1, 0.15) is 0 Å². The van der Waals surface area contributed by atoms with Gasteiger partial charge >= 0.3 is 0 Å². The van der Waals surface area contributed by atoms with E-state index in [4.69, 9.17) is 0 Å². The predicted octanol–water partition coefficient (Wildman–Crippen LogP) is 2.64. The number of nitrogens with zero attached hydrogens (tertiary/aromatic N) is 2. The molecule has 1 aliphatic carbocycles. The zero-order chi connectivity index (χ0) is 12.4. The van der Waals surface area contributed by atoms with E-state index in [1.807, 2.05) is 0 Å². The van der Waals surface area contributed by atoms with Crippen molar-refractivity contribution in [2.75, 3.05) is 30.9 Å². The summed E-state index contributed by atoms with van der Waals surface area (Å²) in [5.74, 6) is -0.358. The molecule has 2 rings (SSSR count). The van der Waals surface area contributed by atoms with Gasteiger partial charge in [-0.25, -0.2) is 13.8 Å². The first-order chi connectivity index (χ1) is 8.11. The maximum absolute atomic E-state index is 13.6.